The van der Waals surface area contributed by atoms with Gasteiger partial charge in [-0.1, -0.05) is 0 Å². The molecule has 20 heavy (non-hydrogen) atoms. The molecule has 0 saturated carbocycles. The number of Topliss-reactive ketones (excluding diaryl/α,β-unsaturated/α-hetero) is 1. The molecule has 0 spiro atoms. The molecule has 1 amide bonds. The van der Waals surface area contributed by atoms with Gasteiger partial charge in [-0.05, 0) is 26.0 Å². The topological polar surface area (TPSA) is 58.6 Å². The summed E-state index contributed by atoms with van der Waals surface area (Å²) < 4.78 is 19.2. The zero-order valence-electron chi connectivity index (χ0n) is 11.7. The number of halogens is 1. The van der Waals surface area contributed by atoms with E-state index in [-0.39, 0.29) is 11.6 Å². The van der Waals surface area contributed by atoms with Gasteiger partial charge in [0.25, 0.3) is 11.7 Å². The van der Waals surface area contributed by atoms with E-state index < -0.39 is 17.5 Å². The number of ether oxygens (including phenoxy) is 1. The van der Waals surface area contributed by atoms with Gasteiger partial charge in [0.2, 0.25) is 0 Å². The molecular formula is C14H17FN2O3. The van der Waals surface area contributed by atoms with Crippen LogP contribution < -0.4 is 10.2 Å². The summed E-state index contributed by atoms with van der Waals surface area (Å²) in [5.74, 6) is -1.93. The third-order valence-corrected chi connectivity index (χ3v) is 3.26. The number of anilines is 2. The van der Waals surface area contributed by atoms with E-state index in [1.54, 1.807) is 7.11 Å². The lowest BCUT2D eigenvalue weighted by molar-refractivity contribution is -0.112. The lowest BCUT2D eigenvalue weighted by Crippen LogP contribution is -2.34. The Hall–Kier alpha value is -1.95. The number of rotatable bonds is 5. The lowest BCUT2D eigenvalue weighted by atomic mass is 10.1. The van der Waals surface area contributed by atoms with E-state index in [4.69, 9.17) is 4.74 Å². The van der Waals surface area contributed by atoms with Crippen molar-refractivity contribution in [1.82, 2.24) is 0 Å². The molecule has 2 rings (SSSR count). The Morgan fingerprint density at radius 2 is 2.05 bits per heavy atom. The molecule has 1 aromatic carbocycles. The maximum Gasteiger partial charge on any atom is 0.296 e. The van der Waals surface area contributed by atoms with Crippen LogP contribution in [0.2, 0.25) is 0 Å². The quantitative estimate of drug-likeness (QED) is 0.836. The highest BCUT2D eigenvalue weighted by molar-refractivity contribution is 6.51. The second-order valence-electron chi connectivity index (χ2n) is 4.91. The summed E-state index contributed by atoms with van der Waals surface area (Å²) >= 11 is 0. The van der Waals surface area contributed by atoms with Crippen molar-refractivity contribution in [3.63, 3.8) is 0 Å². The number of carbonyl (C=O) groups excluding carboxylic acids is 2. The molecule has 6 heteroatoms. The van der Waals surface area contributed by atoms with E-state index in [0.29, 0.717) is 24.5 Å². The third-order valence-electron chi connectivity index (χ3n) is 3.26. The Kier molecular flexibility index (Phi) is 4.04. The maximum absolute atomic E-state index is 14.2. The first-order chi connectivity index (χ1) is 9.45. The van der Waals surface area contributed by atoms with Crippen LogP contribution in [-0.4, -0.2) is 38.0 Å². The van der Waals surface area contributed by atoms with Gasteiger partial charge in [0.05, 0.1) is 23.5 Å². The van der Waals surface area contributed by atoms with Crippen molar-refractivity contribution in [1.29, 1.82) is 0 Å². The second kappa shape index (κ2) is 5.58. The van der Waals surface area contributed by atoms with E-state index in [1.165, 1.54) is 6.07 Å². The Morgan fingerprint density at radius 3 is 2.65 bits per heavy atom. The summed E-state index contributed by atoms with van der Waals surface area (Å²) in [6.45, 7) is 4.85. The molecule has 1 aliphatic rings. The summed E-state index contributed by atoms with van der Waals surface area (Å²) in [4.78, 5) is 24.7. The number of methoxy groups -OCH3 is 1. The minimum absolute atomic E-state index is 0.0607. The first kappa shape index (κ1) is 14.5. The molecule has 5 nitrogen and oxygen atoms in total. The highest BCUT2D eigenvalue weighted by atomic mass is 19.1. The molecule has 0 radical (unpaired) electrons. The van der Waals surface area contributed by atoms with E-state index in [9.17, 15) is 14.0 Å². The highest BCUT2D eigenvalue weighted by Crippen LogP contribution is 2.31. The number of ketones is 1. The molecule has 0 bridgehead atoms. The molecule has 1 heterocycles. The number of hydrogen-bond acceptors (Lipinski definition) is 4. The van der Waals surface area contributed by atoms with Crippen molar-refractivity contribution < 1.29 is 18.7 Å². The average Bonchev–Trinajstić information content (AvgIpc) is 2.66. The smallest absolute Gasteiger partial charge is 0.296 e. The van der Waals surface area contributed by atoms with Crippen molar-refractivity contribution >= 4 is 23.1 Å². The number of amides is 1. The van der Waals surface area contributed by atoms with Crippen molar-refractivity contribution in [3.8, 4) is 0 Å². The fraction of sp³-hybridized carbons (Fsp3) is 0.429. The number of hydrogen-bond donors (Lipinski definition) is 1. The summed E-state index contributed by atoms with van der Waals surface area (Å²) in [6, 6.07) is 2.68. The van der Waals surface area contributed by atoms with Gasteiger partial charge in [-0.2, -0.15) is 0 Å². The van der Waals surface area contributed by atoms with E-state index in [1.807, 2.05) is 18.7 Å². The predicted molar refractivity (Wildman–Crippen MR) is 73.7 cm³/mol. The van der Waals surface area contributed by atoms with Crippen molar-refractivity contribution in [2.45, 2.75) is 19.9 Å². The Morgan fingerprint density at radius 1 is 1.35 bits per heavy atom. The van der Waals surface area contributed by atoms with Gasteiger partial charge in [-0.3, -0.25) is 9.59 Å². The van der Waals surface area contributed by atoms with Crippen molar-refractivity contribution in [2.75, 3.05) is 30.5 Å². The molecule has 1 N–H and O–H groups in total. The summed E-state index contributed by atoms with van der Waals surface area (Å²) in [6.07, 6.45) is 0. The zero-order valence-corrected chi connectivity index (χ0v) is 11.7. The highest BCUT2D eigenvalue weighted by Gasteiger charge is 2.30. The van der Waals surface area contributed by atoms with Crippen LogP contribution >= 0.6 is 0 Å². The Bertz CT molecular complexity index is 558. The largest absolute Gasteiger partial charge is 0.383 e. The summed E-state index contributed by atoms with van der Waals surface area (Å²) in [5.41, 5.74) is 0.803. The molecule has 0 unspecified atom stereocenters. The van der Waals surface area contributed by atoms with E-state index >= 15 is 0 Å². The molecule has 0 aliphatic carbocycles. The molecule has 0 saturated heterocycles. The molecule has 0 fully saturated rings. The maximum atomic E-state index is 14.2. The summed E-state index contributed by atoms with van der Waals surface area (Å²) in [7, 11) is 1.58. The minimum atomic E-state index is -0.718. The average molecular weight is 280 g/mol. The van der Waals surface area contributed by atoms with Crippen LogP contribution in [0.5, 0.6) is 0 Å². The molecular weight excluding hydrogens is 263 g/mol. The van der Waals surface area contributed by atoms with Crippen LogP contribution in [0, 0.1) is 5.82 Å². The molecule has 1 aliphatic heterocycles. The Balaban J connectivity index is 2.40. The van der Waals surface area contributed by atoms with Gasteiger partial charge < -0.3 is 15.0 Å². The van der Waals surface area contributed by atoms with Crippen LogP contribution in [-0.2, 0) is 9.53 Å². The van der Waals surface area contributed by atoms with E-state index in [2.05, 4.69) is 5.32 Å². The molecule has 1 aromatic rings. The Labute approximate surface area is 116 Å². The van der Waals surface area contributed by atoms with Crippen molar-refractivity contribution in [3.05, 3.63) is 23.5 Å². The van der Waals surface area contributed by atoms with Crippen LogP contribution in [0.25, 0.3) is 0 Å². The van der Waals surface area contributed by atoms with E-state index in [0.717, 1.165) is 6.07 Å². The standard InChI is InChI=1S/C14H17FN2O3/c1-8(2)17(4-5-20-3)12-7-11-9(6-10(12)15)13(18)14(19)16-11/h6-8H,4-5H2,1-3H3,(H,16,18,19). The fourth-order valence-corrected chi connectivity index (χ4v) is 2.22. The van der Waals surface area contributed by atoms with Gasteiger partial charge in [-0.25, -0.2) is 4.39 Å². The van der Waals surface area contributed by atoms with Crippen LogP contribution in [0.4, 0.5) is 15.8 Å². The van der Waals surface area contributed by atoms with Crippen molar-refractivity contribution in [2.24, 2.45) is 0 Å². The third kappa shape index (κ3) is 2.51. The first-order valence-electron chi connectivity index (χ1n) is 6.40. The van der Waals surface area contributed by atoms with Gasteiger partial charge in [0.1, 0.15) is 5.82 Å². The normalized spacial score (nSPS) is 13.7. The lowest BCUT2D eigenvalue weighted by Gasteiger charge is -2.29. The number of benzene rings is 1. The van der Waals surface area contributed by atoms with Gasteiger partial charge in [0, 0.05) is 19.7 Å². The van der Waals surface area contributed by atoms with Gasteiger partial charge in [0.15, 0.2) is 0 Å². The van der Waals surface area contributed by atoms with Crippen LogP contribution in [0.1, 0.15) is 24.2 Å². The number of carbonyl (C=O) groups is 2. The SMILES string of the molecule is COCCN(c1cc2c(cc1F)C(=O)C(=O)N2)C(C)C. The molecule has 0 aromatic heterocycles. The number of nitrogens with zero attached hydrogens (tertiary/aromatic N) is 1. The van der Waals surface area contributed by atoms with Gasteiger partial charge in [-0.15, -0.1) is 0 Å². The predicted octanol–water partition coefficient (Wildman–Crippen LogP) is 1.82. The summed E-state index contributed by atoms with van der Waals surface area (Å²) in [5, 5.41) is 2.45. The monoisotopic (exact) mass is 280 g/mol. The molecule has 0 atom stereocenters. The van der Waals surface area contributed by atoms with Crippen LogP contribution in [0.15, 0.2) is 12.1 Å². The number of fused-ring (bicyclic) bond motifs is 1. The molecule has 108 valence electrons. The minimum Gasteiger partial charge on any atom is -0.383 e. The van der Waals surface area contributed by atoms with Gasteiger partial charge >= 0.3 is 0 Å². The number of nitrogens with one attached hydrogen (secondary N) is 1. The fourth-order valence-electron chi connectivity index (χ4n) is 2.22. The first-order valence-corrected chi connectivity index (χ1v) is 6.40. The zero-order chi connectivity index (χ0) is 14.9. The van der Waals surface area contributed by atoms with Crippen LogP contribution in [0.3, 0.4) is 0 Å². The second-order valence-corrected chi connectivity index (χ2v) is 4.91.